The molecule has 0 bridgehead atoms. The van der Waals surface area contributed by atoms with Gasteiger partial charge in [-0.1, -0.05) is 0 Å². The van der Waals surface area contributed by atoms with Gasteiger partial charge in [0.2, 0.25) is 0 Å². The molecule has 0 spiro atoms. The molecular formula is C22H33N3O4. The first kappa shape index (κ1) is 21.6. The van der Waals surface area contributed by atoms with Crippen molar-refractivity contribution in [2.45, 2.75) is 32.2 Å². The van der Waals surface area contributed by atoms with Crippen LogP contribution in [-0.4, -0.2) is 91.2 Å². The van der Waals surface area contributed by atoms with Gasteiger partial charge in [-0.2, -0.15) is 0 Å². The highest BCUT2D eigenvalue weighted by Gasteiger charge is 2.36. The Kier molecular flexibility index (Phi) is 7.14. The number of amides is 1. The molecule has 0 aliphatic carbocycles. The van der Waals surface area contributed by atoms with Crippen LogP contribution < -0.4 is 4.74 Å². The third-order valence-electron chi connectivity index (χ3n) is 6.38. The van der Waals surface area contributed by atoms with Crippen molar-refractivity contribution in [3.05, 3.63) is 29.3 Å². The number of methoxy groups -OCH3 is 1. The minimum Gasteiger partial charge on any atom is -0.497 e. The Balaban J connectivity index is 1.72. The summed E-state index contributed by atoms with van der Waals surface area (Å²) in [4.78, 5) is 31.1. The second kappa shape index (κ2) is 9.59. The Morgan fingerprint density at radius 3 is 2.52 bits per heavy atom. The molecule has 1 aromatic rings. The van der Waals surface area contributed by atoms with Gasteiger partial charge in [-0.25, -0.2) is 0 Å². The number of piperidine rings is 1. The molecule has 0 aromatic heterocycles. The standard InChI is InChI=1S/C22H33N3O4/c1-16-14-18(29-3)5-6-19(16)22(28)25-9-8-20(17(15-25)4-7-21(26)27)24-12-10-23(2)11-13-24/h5-6,14,17,20H,4,7-13,15H2,1-3H3,(H,26,27)/t17-,20+/m0/s1. The van der Waals surface area contributed by atoms with E-state index in [-0.39, 0.29) is 18.2 Å². The molecule has 0 radical (unpaired) electrons. The molecule has 2 fully saturated rings. The maximum absolute atomic E-state index is 13.2. The minimum atomic E-state index is -0.767. The van der Waals surface area contributed by atoms with Gasteiger partial charge >= 0.3 is 5.97 Å². The summed E-state index contributed by atoms with van der Waals surface area (Å²) in [6, 6.07) is 5.88. The SMILES string of the molecule is COc1ccc(C(=O)N2CC[C@@H](N3CCN(C)CC3)[C@@H](CCC(=O)O)C2)c(C)c1. The van der Waals surface area contributed by atoms with Crippen molar-refractivity contribution in [3.8, 4) is 5.75 Å². The predicted molar refractivity (Wildman–Crippen MR) is 111 cm³/mol. The Hall–Kier alpha value is -2.12. The maximum Gasteiger partial charge on any atom is 0.303 e. The molecule has 2 saturated heterocycles. The van der Waals surface area contributed by atoms with Gasteiger partial charge in [0.25, 0.3) is 5.91 Å². The van der Waals surface area contributed by atoms with E-state index < -0.39 is 5.97 Å². The summed E-state index contributed by atoms with van der Waals surface area (Å²) in [6.07, 6.45) is 1.66. The van der Waals surface area contributed by atoms with Crippen molar-refractivity contribution in [3.63, 3.8) is 0 Å². The smallest absolute Gasteiger partial charge is 0.303 e. The quantitative estimate of drug-likeness (QED) is 0.783. The topological polar surface area (TPSA) is 73.3 Å². The summed E-state index contributed by atoms with van der Waals surface area (Å²) in [5.74, 6) is 0.191. The van der Waals surface area contributed by atoms with E-state index in [1.165, 1.54) is 0 Å². The van der Waals surface area contributed by atoms with Gasteiger partial charge in [-0.3, -0.25) is 14.5 Å². The van der Waals surface area contributed by atoms with Crippen LogP contribution in [-0.2, 0) is 4.79 Å². The number of carboxylic acids is 1. The fourth-order valence-corrected chi connectivity index (χ4v) is 4.60. The normalized spacial score (nSPS) is 23.8. The number of hydrogen-bond acceptors (Lipinski definition) is 5. The number of benzene rings is 1. The Bertz CT molecular complexity index is 731. The molecule has 0 saturated carbocycles. The van der Waals surface area contributed by atoms with Crippen LogP contribution in [0.2, 0.25) is 0 Å². The molecule has 2 heterocycles. The lowest BCUT2D eigenvalue weighted by molar-refractivity contribution is -0.137. The van der Waals surface area contributed by atoms with Gasteiger partial charge in [0.05, 0.1) is 7.11 Å². The number of nitrogens with zero attached hydrogens (tertiary/aromatic N) is 3. The predicted octanol–water partition coefficient (Wildman–Crippen LogP) is 1.95. The number of likely N-dealkylation sites (N-methyl/N-ethyl adjacent to an activating group) is 1. The van der Waals surface area contributed by atoms with Crippen molar-refractivity contribution < 1.29 is 19.4 Å². The Labute approximate surface area is 173 Å². The van der Waals surface area contributed by atoms with Crippen LogP contribution in [0.25, 0.3) is 0 Å². The van der Waals surface area contributed by atoms with E-state index in [0.29, 0.717) is 31.1 Å². The third kappa shape index (κ3) is 5.28. The van der Waals surface area contributed by atoms with E-state index in [9.17, 15) is 14.7 Å². The van der Waals surface area contributed by atoms with E-state index in [2.05, 4.69) is 16.8 Å². The molecule has 2 aliphatic rings. The van der Waals surface area contributed by atoms with Crippen molar-refractivity contribution in [2.75, 3.05) is 53.4 Å². The van der Waals surface area contributed by atoms with Crippen molar-refractivity contribution in [2.24, 2.45) is 5.92 Å². The van der Waals surface area contributed by atoms with E-state index in [4.69, 9.17) is 4.74 Å². The monoisotopic (exact) mass is 403 g/mol. The van der Waals surface area contributed by atoms with Gasteiger partial charge in [0, 0.05) is 57.3 Å². The summed E-state index contributed by atoms with van der Waals surface area (Å²) in [7, 11) is 3.75. The number of carbonyl (C=O) groups is 2. The number of piperazine rings is 1. The lowest BCUT2D eigenvalue weighted by atomic mass is 9.86. The van der Waals surface area contributed by atoms with Crippen molar-refractivity contribution in [1.29, 1.82) is 0 Å². The van der Waals surface area contributed by atoms with E-state index >= 15 is 0 Å². The molecule has 2 atom stereocenters. The molecule has 29 heavy (non-hydrogen) atoms. The van der Waals surface area contributed by atoms with Crippen molar-refractivity contribution >= 4 is 11.9 Å². The number of hydrogen-bond donors (Lipinski definition) is 1. The molecule has 1 aromatic carbocycles. The maximum atomic E-state index is 13.2. The molecule has 1 N–H and O–H groups in total. The van der Waals surface area contributed by atoms with Gasteiger partial charge < -0.3 is 19.6 Å². The average molecular weight is 404 g/mol. The van der Waals surface area contributed by atoms with Crippen LogP contribution in [0.15, 0.2) is 18.2 Å². The third-order valence-corrected chi connectivity index (χ3v) is 6.38. The summed E-state index contributed by atoms with van der Waals surface area (Å²) in [6.45, 7) is 7.35. The second-order valence-corrected chi connectivity index (χ2v) is 8.32. The molecule has 1 amide bonds. The number of likely N-dealkylation sites (tertiary alicyclic amines) is 1. The van der Waals surface area contributed by atoms with Gasteiger partial charge in [-0.15, -0.1) is 0 Å². The highest BCUT2D eigenvalue weighted by atomic mass is 16.5. The Morgan fingerprint density at radius 1 is 1.17 bits per heavy atom. The van der Waals surface area contributed by atoms with Crippen LogP contribution >= 0.6 is 0 Å². The molecule has 7 heteroatoms. The summed E-state index contributed by atoms with van der Waals surface area (Å²) in [5, 5.41) is 9.20. The number of carboxylic acid groups (broad SMARTS) is 1. The van der Waals surface area contributed by atoms with Crippen LogP contribution in [0.5, 0.6) is 5.75 Å². The van der Waals surface area contributed by atoms with Gasteiger partial charge in [0.1, 0.15) is 5.75 Å². The van der Waals surface area contributed by atoms with E-state index in [0.717, 1.165) is 43.9 Å². The van der Waals surface area contributed by atoms with Gasteiger partial charge in [-0.05, 0) is 56.5 Å². The zero-order valence-corrected chi connectivity index (χ0v) is 17.8. The first-order chi connectivity index (χ1) is 13.9. The number of aryl methyl sites for hydroxylation is 1. The molecule has 160 valence electrons. The molecule has 0 unspecified atom stereocenters. The van der Waals surface area contributed by atoms with Gasteiger partial charge in [0.15, 0.2) is 0 Å². The van der Waals surface area contributed by atoms with Crippen LogP contribution in [0.4, 0.5) is 0 Å². The summed E-state index contributed by atoms with van der Waals surface area (Å²) < 4.78 is 5.25. The summed E-state index contributed by atoms with van der Waals surface area (Å²) in [5.41, 5.74) is 1.60. The van der Waals surface area contributed by atoms with E-state index in [1.54, 1.807) is 7.11 Å². The first-order valence-corrected chi connectivity index (χ1v) is 10.5. The number of aliphatic carboxylic acids is 1. The lowest BCUT2D eigenvalue weighted by Crippen LogP contribution is -2.57. The first-order valence-electron chi connectivity index (χ1n) is 10.5. The summed E-state index contributed by atoms with van der Waals surface area (Å²) >= 11 is 0. The number of carbonyl (C=O) groups excluding carboxylic acids is 1. The fourth-order valence-electron chi connectivity index (χ4n) is 4.60. The molecule has 3 rings (SSSR count). The fraction of sp³-hybridized carbons (Fsp3) is 0.636. The zero-order chi connectivity index (χ0) is 21.0. The largest absolute Gasteiger partial charge is 0.497 e. The minimum absolute atomic E-state index is 0.0299. The highest BCUT2D eigenvalue weighted by Crippen LogP contribution is 2.29. The zero-order valence-electron chi connectivity index (χ0n) is 17.8. The highest BCUT2D eigenvalue weighted by molar-refractivity contribution is 5.96. The van der Waals surface area contributed by atoms with E-state index in [1.807, 2.05) is 30.0 Å². The van der Waals surface area contributed by atoms with Crippen LogP contribution in [0, 0.1) is 12.8 Å². The average Bonchev–Trinajstić information content (AvgIpc) is 2.72. The molecular weight excluding hydrogens is 370 g/mol. The van der Waals surface area contributed by atoms with Crippen LogP contribution in [0.1, 0.15) is 35.2 Å². The molecule has 7 nitrogen and oxygen atoms in total. The second-order valence-electron chi connectivity index (χ2n) is 8.32. The lowest BCUT2D eigenvalue weighted by Gasteiger charge is -2.46. The molecule has 2 aliphatic heterocycles. The number of rotatable bonds is 6. The van der Waals surface area contributed by atoms with Crippen molar-refractivity contribution in [1.82, 2.24) is 14.7 Å². The number of ether oxygens (including phenoxy) is 1. The van der Waals surface area contributed by atoms with Crippen LogP contribution in [0.3, 0.4) is 0 Å². The Morgan fingerprint density at radius 2 is 1.90 bits per heavy atom.